The maximum absolute atomic E-state index is 12.7. The average Bonchev–Trinajstić information content (AvgIpc) is 3.58. The van der Waals surface area contributed by atoms with Crippen LogP contribution in [0.2, 0.25) is 0 Å². The van der Waals surface area contributed by atoms with Gasteiger partial charge >= 0.3 is 6.09 Å². The first kappa shape index (κ1) is 22.6. The van der Waals surface area contributed by atoms with Crippen molar-refractivity contribution in [3.63, 3.8) is 0 Å². The summed E-state index contributed by atoms with van der Waals surface area (Å²) in [5.41, 5.74) is 1.08. The number of aryl methyl sites for hydroxylation is 1. The van der Waals surface area contributed by atoms with Crippen LogP contribution in [0.15, 0.2) is 46.4 Å². The number of nitrogens with one attached hydrogen (secondary N) is 1. The van der Waals surface area contributed by atoms with Crippen molar-refractivity contribution in [2.45, 2.75) is 26.3 Å². The summed E-state index contributed by atoms with van der Waals surface area (Å²) in [4.78, 5) is 31.4. The third kappa shape index (κ3) is 4.90. The van der Waals surface area contributed by atoms with E-state index in [4.69, 9.17) is 9.15 Å². The number of hydrogen-bond acceptors (Lipinski definition) is 7. The molecule has 2 amide bonds. The van der Waals surface area contributed by atoms with E-state index in [2.05, 4.69) is 40.7 Å². The average molecular weight is 474 g/mol. The second-order valence-electron chi connectivity index (χ2n) is 7.42. The predicted molar refractivity (Wildman–Crippen MR) is 127 cm³/mol. The number of hydrogen-bond donors (Lipinski definition) is 1. The van der Waals surface area contributed by atoms with Gasteiger partial charge in [0.15, 0.2) is 5.76 Å². The number of amides is 2. The van der Waals surface area contributed by atoms with E-state index >= 15 is 0 Å². The largest absolute Gasteiger partial charge is 0.459 e. The minimum atomic E-state index is -0.255. The topological polar surface area (TPSA) is 75.0 Å². The van der Waals surface area contributed by atoms with Crippen molar-refractivity contribution < 1.29 is 18.7 Å². The molecule has 1 aliphatic rings. The van der Waals surface area contributed by atoms with E-state index in [0.29, 0.717) is 19.7 Å². The lowest BCUT2D eigenvalue weighted by Crippen LogP contribution is -2.50. The molecule has 170 valence electrons. The van der Waals surface area contributed by atoms with Crippen molar-refractivity contribution in [3.8, 4) is 0 Å². The molecule has 9 heteroatoms. The fourth-order valence-electron chi connectivity index (χ4n) is 3.86. The Hall–Kier alpha value is -2.62. The highest BCUT2D eigenvalue weighted by Gasteiger charge is 2.32. The van der Waals surface area contributed by atoms with Crippen LogP contribution in [0.4, 0.5) is 9.80 Å². The quantitative estimate of drug-likeness (QED) is 0.518. The number of ether oxygens (including phenoxy) is 1. The lowest BCUT2D eigenvalue weighted by molar-refractivity contribution is 0.0720. The van der Waals surface area contributed by atoms with E-state index < -0.39 is 0 Å². The second-order valence-corrected chi connectivity index (χ2v) is 9.54. The number of anilines is 1. The van der Waals surface area contributed by atoms with Gasteiger partial charge in [0.25, 0.3) is 5.91 Å². The fourth-order valence-corrected chi connectivity index (χ4v) is 5.76. The summed E-state index contributed by atoms with van der Waals surface area (Å²) in [5, 5.41) is 5.99. The van der Waals surface area contributed by atoms with E-state index in [0.717, 1.165) is 30.1 Å². The smallest absolute Gasteiger partial charge is 0.409 e. The third-order valence-electron chi connectivity index (χ3n) is 5.45. The van der Waals surface area contributed by atoms with Crippen LogP contribution in [0.25, 0.3) is 0 Å². The van der Waals surface area contributed by atoms with Crippen LogP contribution in [0.3, 0.4) is 0 Å². The fraction of sp³-hybridized carbons (Fsp3) is 0.391. The molecule has 0 aliphatic carbocycles. The van der Waals surface area contributed by atoms with E-state index in [-0.39, 0.29) is 23.8 Å². The molecule has 1 saturated heterocycles. The monoisotopic (exact) mass is 473 g/mol. The first-order valence-electron chi connectivity index (χ1n) is 10.8. The van der Waals surface area contributed by atoms with Crippen molar-refractivity contribution >= 4 is 39.7 Å². The minimum absolute atomic E-state index is 0.00259. The number of furan rings is 1. The molecule has 1 aliphatic heterocycles. The molecular formula is C23H27N3O4S2. The van der Waals surface area contributed by atoms with Gasteiger partial charge in [-0.25, -0.2) is 4.79 Å². The van der Waals surface area contributed by atoms with Crippen molar-refractivity contribution in [1.29, 1.82) is 0 Å². The van der Waals surface area contributed by atoms with Gasteiger partial charge < -0.3 is 19.4 Å². The van der Waals surface area contributed by atoms with Crippen molar-refractivity contribution in [2.75, 3.05) is 38.1 Å². The number of nitrogens with zero attached hydrogens (tertiary/aromatic N) is 2. The predicted octanol–water partition coefficient (Wildman–Crippen LogP) is 5.08. The van der Waals surface area contributed by atoms with Crippen LogP contribution in [0.5, 0.6) is 0 Å². The Morgan fingerprint density at radius 3 is 2.62 bits per heavy atom. The zero-order chi connectivity index (χ0) is 22.5. The molecule has 4 rings (SSSR count). The summed E-state index contributed by atoms with van der Waals surface area (Å²) in [6.45, 7) is 6.99. The van der Waals surface area contributed by atoms with Crippen LogP contribution in [0.1, 0.15) is 45.8 Å². The highest BCUT2D eigenvalue weighted by molar-refractivity contribution is 7.16. The maximum Gasteiger partial charge on any atom is 0.409 e. The Morgan fingerprint density at radius 1 is 1.19 bits per heavy atom. The Bertz CT molecular complexity index is 1020. The van der Waals surface area contributed by atoms with Gasteiger partial charge in [0.05, 0.1) is 18.9 Å². The first-order chi connectivity index (χ1) is 15.6. The lowest BCUT2D eigenvalue weighted by atomic mass is 10.0. The molecule has 1 N–H and O–H groups in total. The molecule has 32 heavy (non-hydrogen) atoms. The summed E-state index contributed by atoms with van der Waals surface area (Å²) in [6, 6.07) is 9.76. The van der Waals surface area contributed by atoms with Gasteiger partial charge in [-0.3, -0.25) is 9.69 Å². The Balaban J connectivity index is 1.61. The molecular weight excluding hydrogens is 446 g/mol. The normalized spacial score (nSPS) is 15.5. The second kappa shape index (κ2) is 10.3. The number of thiophene rings is 2. The summed E-state index contributed by atoms with van der Waals surface area (Å²) in [5.74, 6) is 0.0379. The Morgan fingerprint density at radius 2 is 2.00 bits per heavy atom. The van der Waals surface area contributed by atoms with E-state index in [1.807, 2.05) is 6.92 Å². The highest BCUT2D eigenvalue weighted by Crippen LogP contribution is 2.41. The Kier molecular flexibility index (Phi) is 7.29. The summed E-state index contributed by atoms with van der Waals surface area (Å²) < 4.78 is 10.4. The van der Waals surface area contributed by atoms with Crippen LogP contribution in [-0.4, -0.2) is 54.6 Å². The molecule has 0 radical (unpaired) electrons. The highest BCUT2D eigenvalue weighted by atomic mass is 32.1. The molecule has 3 aromatic rings. The van der Waals surface area contributed by atoms with Gasteiger partial charge in [-0.2, -0.15) is 0 Å². The van der Waals surface area contributed by atoms with Gasteiger partial charge in [0, 0.05) is 41.5 Å². The number of carbonyl (C=O) groups excluding carboxylic acids is 2. The molecule has 1 unspecified atom stereocenters. The molecule has 7 nitrogen and oxygen atoms in total. The molecule has 0 bridgehead atoms. The van der Waals surface area contributed by atoms with Crippen molar-refractivity contribution in [3.05, 3.63) is 63.1 Å². The molecule has 0 saturated carbocycles. The molecule has 3 aromatic heterocycles. The zero-order valence-electron chi connectivity index (χ0n) is 18.2. The molecule has 0 aromatic carbocycles. The zero-order valence-corrected chi connectivity index (χ0v) is 19.8. The van der Waals surface area contributed by atoms with Gasteiger partial charge in [-0.1, -0.05) is 13.0 Å². The van der Waals surface area contributed by atoms with E-state index in [1.165, 1.54) is 16.0 Å². The van der Waals surface area contributed by atoms with Crippen molar-refractivity contribution in [1.82, 2.24) is 9.80 Å². The summed E-state index contributed by atoms with van der Waals surface area (Å²) in [7, 11) is 0. The van der Waals surface area contributed by atoms with Gasteiger partial charge in [0.1, 0.15) is 5.00 Å². The van der Waals surface area contributed by atoms with E-state index in [9.17, 15) is 9.59 Å². The Labute approximate surface area is 195 Å². The number of carbonyl (C=O) groups is 2. The SMILES string of the molecule is CCOC(=O)N1CCN(C(c2cccs2)c2cc(CC)sc2NC(=O)c2ccco2)CC1. The van der Waals surface area contributed by atoms with Gasteiger partial charge in [-0.15, -0.1) is 22.7 Å². The molecule has 1 atom stereocenters. The minimum Gasteiger partial charge on any atom is -0.459 e. The van der Waals surface area contributed by atoms with Gasteiger partial charge in [0.2, 0.25) is 0 Å². The van der Waals surface area contributed by atoms with Crippen LogP contribution in [-0.2, 0) is 11.2 Å². The third-order valence-corrected chi connectivity index (χ3v) is 7.58. The molecule has 0 spiro atoms. The molecule has 1 fully saturated rings. The standard InChI is InChI=1S/C23H27N3O4S2/c1-3-16-15-17(22(32-16)24-21(27)18-7-5-13-30-18)20(19-8-6-14-31-19)25-9-11-26(12-10-25)23(28)29-4-2/h5-8,13-15,20H,3-4,9-12H2,1-2H3,(H,24,27). The summed E-state index contributed by atoms with van der Waals surface area (Å²) >= 11 is 3.31. The summed E-state index contributed by atoms with van der Waals surface area (Å²) in [6.07, 6.45) is 2.14. The van der Waals surface area contributed by atoms with E-state index in [1.54, 1.807) is 39.7 Å². The van der Waals surface area contributed by atoms with Crippen LogP contribution < -0.4 is 5.32 Å². The van der Waals surface area contributed by atoms with Crippen LogP contribution >= 0.6 is 22.7 Å². The first-order valence-corrected chi connectivity index (χ1v) is 12.5. The van der Waals surface area contributed by atoms with Crippen LogP contribution in [0, 0.1) is 0 Å². The lowest BCUT2D eigenvalue weighted by Gasteiger charge is -2.38. The molecule has 4 heterocycles. The van der Waals surface area contributed by atoms with Gasteiger partial charge in [-0.05, 0) is 43.0 Å². The number of rotatable bonds is 7. The number of piperazine rings is 1. The van der Waals surface area contributed by atoms with Crippen molar-refractivity contribution in [2.24, 2.45) is 0 Å². The maximum atomic E-state index is 12.7.